The summed E-state index contributed by atoms with van der Waals surface area (Å²) >= 11 is 0. The van der Waals surface area contributed by atoms with Crippen molar-refractivity contribution in [2.24, 2.45) is 0 Å². The van der Waals surface area contributed by atoms with Crippen LogP contribution in [0.1, 0.15) is 77.2 Å². The molecule has 0 atom stereocenters. The quantitative estimate of drug-likeness (QED) is 0.107. The highest BCUT2D eigenvalue weighted by Crippen LogP contribution is 2.48. The van der Waals surface area contributed by atoms with Crippen LogP contribution in [0.5, 0.6) is 0 Å². The van der Waals surface area contributed by atoms with Crippen LogP contribution < -0.4 is 0 Å². The van der Waals surface area contributed by atoms with E-state index in [1.54, 1.807) is 6.08 Å². The molecule has 0 aliphatic carbocycles. The van der Waals surface area contributed by atoms with Crippen molar-refractivity contribution in [3.05, 3.63) is 42.0 Å². The summed E-state index contributed by atoms with van der Waals surface area (Å²) in [7, 11) is -2.86. The molecule has 30 heavy (non-hydrogen) atoms. The van der Waals surface area contributed by atoms with Crippen LogP contribution in [-0.4, -0.2) is 32.0 Å². The van der Waals surface area contributed by atoms with E-state index in [2.05, 4.69) is 0 Å². The summed E-state index contributed by atoms with van der Waals surface area (Å²) in [6.07, 6.45) is 13.7. The third-order valence-corrected chi connectivity index (χ3v) is 6.85. The SMILES string of the molecule is CCOP(=O)(CCCCCCCCCCCOC(=O)C=Cc1ccccc1)OCC. The standard InChI is InChI=1S/C24H39O5P/c1-3-28-30(26,29-4-2)22-16-11-9-7-5-6-8-10-15-21-27-24(25)20-19-23-17-13-12-14-18-23/h12-14,17-20H,3-11,15-16,21-22H2,1-2H3. The van der Waals surface area contributed by atoms with Gasteiger partial charge in [0.2, 0.25) is 0 Å². The Hall–Kier alpha value is -1.42. The number of carbonyl (C=O) groups excluding carboxylic acids is 1. The molecule has 0 unspecified atom stereocenters. The Morgan fingerprint density at radius 2 is 1.37 bits per heavy atom. The van der Waals surface area contributed by atoms with E-state index >= 15 is 0 Å². The number of rotatable bonds is 18. The van der Waals surface area contributed by atoms with Gasteiger partial charge in [0.25, 0.3) is 0 Å². The zero-order valence-corrected chi connectivity index (χ0v) is 19.6. The van der Waals surface area contributed by atoms with Crippen molar-refractivity contribution in [3.63, 3.8) is 0 Å². The summed E-state index contributed by atoms with van der Waals surface area (Å²) < 4.78 is 28.2. The second-order valence-corrected chi connectivity index (χ2v) is 9.45. The fraction of sp³-hybridized carbons (Fsp3) is 0.625. The first kappa shape index (κ1) is 26.6. The molecule has 0 aromatic heterocycles. The Balaban J connectivity index is 1.92. The maximum absolute atomic E-state index is 12.3. The summed E-state index contributed by atoms with van der Waals surface area (Å²) in [6, 6.07) is 9.72. The van der Waals surface area contributed by atoms with Gasteiger partial charge in [-0.15, -0.1) is 0 Å². The first-order chi connectivity index (χ1) is 14.6. The normalized spacial score (nSPS) is 11.8. The Kier molecular flexibility index (Phi) is 15.3. The van der Waals surface area contributed by atoms with Crippen LogP contribution in [0.25, 0.3) is 6.08 Å². The number of unbranched alkanes of at least 4 members (excludes halogenated alkanes) is 8. The van der Waals surface area contributed by atoms with E-state index in [9.17, 15) is 9.36 Å². The molecule has 0 fully saturated rings. The summed E-state index contributed by atoms with van der Waals surface area (Å²) in [5.41, 5.74) is 0.993. The Morgan fingerprint density at radius 3 is 1.93 bits per heavy atom. The van der Waals surface area contributed by atoms with E-state index in [1.165, 1.54) is 31.8 Å². The van der Waals surface area contributed by atoms with Crippen molar-refractivity contribution < 1.29 is 23.1 Å². The first-order valence-electron chi connectivity index (χ1n) is 11.4. The van der Waals surface area contributed by atoms with Gasteiger partial charge in [-0.25, -0.2) is 4.79 Å². The molecule has 0 aliphatic rings. The van der Waals surface area contributed by atoms with Crippen molar-refractivity contribution in [2.45, 2.75) is 71.6 Å². The van der Waals surface area contributed by atoms with Gasteiger partial charge >= 0.3 is 13.6 Å². The largest absolute Gasteiger partial charge is 0.463 e. The summed E-state index contributed by atoms with van der Waals surface area (Å²) in [5, 5.41) is 0. The van der Waals surface area contributed by atoms with E-state index in [-0.39, 0.29) is 5.97 Å². The molecule has 0 heterocycles. The molecule has 0 amide bonds. The molecule has 0 aliphatic heterocycles. The number of benzene rings is 1. The fourth-order valence-corrected chi connectivity index (χ4v) is 4.88. The third kappa shape index (κ3) is 13.7. The minimum absolute atomic E-state index is 0.280. The molecule has 0 bridgehead atoms. The minimum atomic E-state index is -2.86. The summed E-state index contributed by atoms with van der Waals surface area (Å²) in [5.74, 6) is -0.280. The van der Waals surface area contributed by atoms with Crippen LogP contribution in [0.3, 0.4) is 0 Å². The van der Waals surface area contributed by atoms with E-state index in [4.69, 9.17) is 13.8 Å². The average molecular weight is 439 g/mol. The highest BCUT2D eigenvalue weighted by atomic mass is 31.2. The van der Waals surface area contributed by atoms with Gasteiger partial charge in [0.1, 0.15) is 0 Å². The number of ether oxygens (including phenoxy) is 1. The van der Waals surface area contributed by atoms with Crippen LogP contribution in [0.4, 0.5) is 0 Å². The zero-order chi connectivity index (χ0) is 21.9. The average Bonchev–Trinajstić information content (AvgIpc) is 2.74. The molecule has 0 N–H and O–H groups in total. The molecular weight excluding hydrogens is 399 g/mol. The second kappa shape index (κ2) is 17.3. The molecular formula is C24H39O5P. The Morgan fingerprint density at radius 1 is 0.833 bits per heavy atom. The van der Waals surface area contributed by atoms with Gasteiger partial charge in [0.15, 0.2) is 0 Å². The smallest absolute Gasteiger partial charge is 0.330 e. The van der Waals surface area contributed by atoms with Crippen LogP contribution in [0, 0.1) is 0 Å². The molecule has 5 nitrogen and oxygen atoms in total. The van der Waals surface area contributed by atoms with Gasteiger partial charge in [-0.05, 0) is 38.3 Å². The second-order valence-electron chi connectivity index (χ2n) is 7.26. The highest BCUT2D eigenvalue weighted by molar-refractivity contribution is 7.53. The van der Waals surface area contributed by atoms with Crippen LogP contribution in [0.15, 0.2) is 36.4 Å². The Labute approximate surface area is 182 Å². The predicted molar refractivity (Wildman–Crippen MR) is 124 cm³/mol. The lowest BCUT2D eigenvalue weighted by atomic mass is 10.1. The van der Waals surface area contributed by atoms with Crippen molar-refractivity contribution in [1.29, 1.82) is 0 Å². The predicted octanol–water partition coefficient (Wildman–Crippen LogP) is 7.02. The Bertz CT molecular complexity index is 620. The number of hydrogen-bond acceptors (Lipinski definition) is 5. The zero-order valence-electron chi connectivity index (χ0n) is 18.7. The number of hydrogen-bond donors (Lipinski definition) is 0. The first-order valence-corrected chi connectivity index (χ1v) is 13.1. The van der Waals surface area contributed by atoms with Gasteiger partial charge in [-0.1, -0.05) is 75.3 Å². The van der Waals surface area contributed by atoms with Crippen molar-refractivity contribution >= 4 is 19.6 Å². The molecule has 170 valence electrons. The molecule has 0 spiro atoms. The van der Waals surface area contributed by atoms with Gasteiger partial charge in [0, 0.05) is 6.08 Å². The van der Waals surface area contributed by atoms with Crippen LogP contribution in [-0.2, 0) is 23.1 Å². The van der Waals surface area contributed by atoms with Gasteiger partial charge in [-0.2, -0.15) is 0 Å². The maximum Gasteiger partial charge on any atom is 0.330 e. The lowest BCUT2D eigenvalue weighted by molar-refractivity contribution is -0.137. The lowest BCUT2D eigenvalue weighted by Crippen LogP contribution is -2.02. The van der Waals surface area contributed by atoms with Crippen molar-refractivity contribution in [3.8, 4) is 0 Å². The fourth-order valence-electron chi connectivity index (χ4n) is 3.15. The van der Waals surface area contributed by atoms with E-state index in [0.717, 1.165) is 37.7 Å². The van der Waals surface area contributed by atoms with Crippen molar-refractivity contribution in [1.82, 2.24) is 0 Å². The molecule has 6 heteroatoms. The molecule has 0 saturated heterocycles. The van der Waals surface area contributed by atoms with Crippen molar-refractivity contribution in [2.75, 3.05) is 26.0 Å². The van der Waals surface area contributed by atoms with E-state index in [0.29, 0.717) is 26.0 Å². The number of carbonyl (C=O) groups is 1. The number of esters is 1. The van der Waals surface area contributed by atoms with Gasteiger partial charge < -0.3 is 13.8 Å². The summed E-state index contributed by atoms with van der Waals surface area (Å²) in [6.45, 7) is 5.04. The van der Waals surface area contributed by atoms with Gasteiger partial charge in [-0.3, -0.25) is 4.57 Å². The molecule has 0 radical (unpaired) electrons. The maximum atomic E-state index is 12.3. The molecule has 1 rings (SSSR count). The monoisotopic (exact) mass is 438 g/mol. The molecule has 0 saturated carbocycles. The topological polar surface area (TPSA) is 61.8 Å². The summed E-state index contributed by atoms with van der Waals surface area (Å²) in [4.78, 5) is 11.7. The minimum Gasteiger partial charge on any atom is -0.463 e. The highest BCUT2D eigenvalue weighted by Gasteiger charge is 2.22. The van der Waals surface area contributed by atoms with Crippen LogP contribution in [0.2, 0.25) is 0 Å². The van der Waals surface area contributed by atoms with Crippen LogP contribution >= 0.6 is 7.60 Å². The molecule has 1 aromatic rings. The van der Waals surface area contributed by atoms with E-state index in [1.807, 2.05) is 44.2 Å². The van der Waals surface area contributed by atoms with Gasteiger partial charge in [0.05, 0.1) is 26.0 Å². The van der Waals surface area contributed by atoms with E-state index < -0.39 is 7.60 Å². The lowest BCUT2D eigenvalue weighted by Gasteiger charge is -2.16. The third-order valence-electron chi connectivity index (χ3n) is 4.68. The molecule has 1 aromatic carbocycles.